The lowest BCUT2D eigenvalue weighted by molar-refractivity contribution is 0.0690. The minimum absolute atomic E-state index is 0.177. The summed E-state index contributed by atoms with van der Waals surface area (Å²) in [4.78, 5) is 19.4. The molecule has 1 N–H and O–H groups in total. The van der Waals surface area contributed by atoms with Crippen LogP contribution in [0.25, 0.3) is 0 Å². The first-order chi connectivity index (χ1) is 7.66. The molecule has 0 spiro atoms. The summed E-state index contributed by atoms with van der Waals surface area (Å²) >= 11 is 0. The van der Waals surface area contributed by atoms with Crippen LogP contribution in [0, 0.1) is 5.95 Å². The van der Waals surface area contributed by atoms with E-state index in [1.165, 1.54) is 18.3 Å². The SMILES string of the molecule is O=C(O)c1cn(Oc2cccnc2F)nn1. The Morgan fingerprint density at radius 3 is 3.00 bits per heavy atom. The van der Waals surface area contributed by atoms with Crippen LogP contribution in [-0.2, 0) is 0 Å². The highest BCUT2D eigenvalue weighted by Gasteiger charge is 2.11. The molecule has 2 aromatic heterocycles. The van der Waals surface area contributed by atoms with E-state index in [-0.39, 0.29) is 11.4 Å². The Kier molecular flexibility index (Phi) is 2.46. The van der Waals surface area contributed by atoms with Gasteiger partial charge in [0.05, 0.1) is 0 Å². The number of carbonyl (C=O) groups is 1. The molecule has 2 rings (SSSR count). The molecule has 2 heterocycles. The van der Waals surface area contributed by atoms with E-state index in [0.29, 0.717) is 0 Å². The van der Waals surface area contributed by atoms with E-state index in [1.807, 2.05) is 0 Å². The van der Waals surface area contributed by atoms with Gasteiger partial charge in [0.15, 0.2) is 5.69 Å². The zero-order chi connectivity index (χ0) is 11.5. The fourth-order valence-electron chi connectivity index (χ4n) is 0.931. The van der Waals surface area contributed by atoms with Crippen LogP contribution in [0.2, 0.25) is 0 Å². The quantitative estimate of drug-likeness (QED) is 0.756. The molecule has 82 valence electrons. The van der Waals surface area contributed by atoms with Gasteiger partial charge in [0, 0.05) is 6.20 Å². The van der Waals surface area contributed by atoms with E-state index < -0.39 is 11.9 Å². The third kappa shape index (κ3) is 1.95. The van der Waals surface area contributed by atoms with Crippen molar-refractivity contribution in [3.8, 4) is 5.75 Å². The topological polar surface area (TPSA) is 90.1 Å². The molecule has 16 heavy (non-hydrogen) atoms. The van der Waals surface area contributed by atoms with Gasteiger partial charge in [0.2, 0.25) is 5.75 Å². The van der Waals surface area contributed by atoms with Gasteiger partial charge in [0.1, 0.15) is 6.20 Å². The average Bonchev–Trinajstić information content (AvgIpc) is 2.70. The predicted molar refractivity (Wildman–Crippen MR) is 47.2 cm³/mol. The zero-order valence-electron chi connectivity index (χ0n) is 7.74. The molecule has 7 nitrogen and oxygen atoms in total. The van der Waals surface area contributed by atoms with Gasteiger partial charge in [-0.05, 0) is 17.3 Å². The van der Waals surface area contributed by atoms with Crippen LogP contribution in [0.1, 0.15) is 10.5 Å². The van der Waals surface area contributed by atoms with Crippen molar-refractivity contribution in [2.24, 2.45) is 0 Å². The Labute approximate surface area is 88.1 Å². The van der Waals surface area contributed by atoms with Crippen LogP contribution in [0.3, 0.4) is 0 Å². The summed E-state index contributed by atoms with van der Waals surface area (Å²) in [6.45, 7) is 0. The van der Waals surface area contributed by atoms with Gasteiger partial charge in [-0.2, -0.15) is 4.39 Å². The van der Waals surface area contributed by atoms with Gasteiger partial charge in [-0.15, -0.1) is 5.10 Å². The highest BCUT2D eigenvalue weighted by molar-refractivity contribution is 5.84. The summed E-state index contributed by atoms with van der Waals surface area (Å²) in [5.74, 6) is -2.25. The van der Waals surface area contributed by atoms with Gasteiger partial charge in [-0.3, -0.25) is 0 Å². The number of carboxylic acids is 1. The molecule has 0 bridgehead atoms. The molecule has 0 aliphatic heterocycles. The number of nitrogens with zero attached hydrogens (tertiary/aromatic N) is 4. The first-order valence-electron chi connectivity index (χ1n) is 4.11. The lowest BCUT2D eigenvalue weighted by Gasteiger charge is -2.02. The number of hydrogen-bond acceptors (Lipinski definition) is 5. The Balaban J connectivity index is 2.21. The van der Waals surface area contributed by atoms with Crippen molar-refractivity contribution >= 4 is 5.97 Å². The fraction of sp³-hybridized carbons (Fsp3) is 0. The first-order valence-corrected chi connectivity index (χ1v) is 4.11. The van der Waals surface area contributed by atoms with E-state index >= 15 is 0 Å². The number of hydrogen-bond donors (Lipinski definition) is 1. The summed E-state index contributed by atoms with van der Waals surface area (Å²) in [7, 11) is 0. The smallest absolute Gasteiger partial charge is 0.358 e. The highest BCUT2D eigenvalue weighted by atomic mass is 19.1. The molecule has 0 aromatic carbocycles. The second kappa shape index (κ2) is 3.93. The minimum atomic E-state index is -1.25. The standard InChI is InChI=1S/C8H5FN4O3/c9-7-6(2-1-3-10-7)16-13-4-5(8(14)15)11-12-13/h1-4H,(H,14,15). The zero-order valence-corrected chi connectivity index (χ0v) is 7.74. The molecule has 0 saturated carbocycles. The molecular formula is C8H5FN4O3. The molecule has 0 amide bonds. The van der Waals surface area contributed by atoms with Crippen molar-refractivity contribution < 1.29 is 19.1 Å². The van der Waals surface area contributed by atoms with Crippen LogP contribution >= 0.6 is 0 Å². The Morgan fingerprint density at radius 2 is 2.38 bits per heavy atom. The third-order valence-corrected chi connectivity index (χ3v) is 1.61. The summed E-state index contributed by atoms with van der Waals surface area (Å²) in [6, 6.07) is 2.79. The van der Waals surface area contributed by atoms with Gasteiger partial charge < -0.3 is 9.94 Å². The molecule has 0 fully saturated rings. The number of carboxylic acid groups (broad SMARTS) is 1. The monoisotopic (exact) mass is 224 g/mol. The van der Waals surface area contributed by atoms with Crippen LogP contribution in [-0.4, -0.2) is 31.2 Å². The third-order valence-electron chi connectivity index (χ3n) is 1.61. The largest absolute Gasteiger partial charge is 0.476 e. The maximum Gasteiger partial charge on any atom is 0.358 e. The van der Waals surface area contributed by atoms with Crippen molar-refractivity contribution in [2.75, 3.05) is 0 Å². The lowest BCUT2D eigenvalue weighted by Crippen LogP contribution is -2.07. The van der Waals surface area contributed by atoms with E-state index in [0.717, 1.165) is 11.0 Å². The molecule has 0 radical (unpaired) electrons. The van der Waals surface area contributed by atoms with E-state index in [9.17, 15) is 9.18 Å². The average molecular weight is 224 g/mol. The molecule has 0 saturated heterocycles. The molecular weight excluding hydrogens is 219 g/mol. The maximum atomic E-state index is 13.0. The van der Waals surface area contributed by atoms with Crippen molar-refractivity contribution in [1.82, 2.24) is 20.1 Å². The fourth-order valence-corrected chi connectivity index (χ4v) is 0.931. The van der Waals surface area contributed by atoms with Crippen molar-refractivity contribution in [3.05, 3.63) is 36.2 Å². The van der Waals surface area contributed by atoms with Crippen molar-refractivity contribution in [3.63, 3.8) is 0 Å². The summed E-state index contributed by atoms with van der Waals surface area (Å²) < 4.78 is 13.0. The highest BCUT2D eigenvalue weighted by Crippen LogP contribution is 2.12. The maximum absolute atomic E-state index is 13.0. The van der Waals surface area contributed by atoms with Gasteiger partial charge >= 0.3 is 5.97 Å². The molecule has 8 heteroatoms. The van der Waals surface area contributed by atoms with Crippen molar-refractivity contribution in [1.29, 1.82) is 0 Å². The van der Waals surface area contributed by atoms with Crippen LogP contribution in [0.5, 0.6) is 5.75 Å². The van der Waals surface area contributed by atoms with Crippen LogP contribution < -0.4 is 4.84 Å². The van der Waals surface area contributed by atoms with E-state index in [4.69, 9.17) is 9.94 Å². The normalized spacial score (nSPS) is 10.1. The number of aromatic nitrogens is 4. The Bertz CT molecular complexity index is 528. The predicted octanol–water partition coefficient (Wildman–Crippen LogP) is 0.352. The number of rotatable bonds is 3. The summed E-state index contributed by atoms with van der Waals surface area (Å²) in [6.07, 6.45) is 2.26. The number of pyridine rings is 1. The first kappa shape index (κ1) is 10.0. The number of halogens is 1. The molecule has 2 aromatic rings. The van der Waals surface area contributed by atoms with Crippen molar-refractivity contribution in [2.45, 2.75) is 0 Å². The van der Waals surface area contributed by atoms with Gasteiger partial charge in [-0.1, -0.05) is 4.85 Å². The molecule has 0 unspecified atom stereocenters. The van der Waals surface area contributed by atoms with Crippen LogP contribution in [0.15, 0.2) is 24.5 Å². The van der Waals surface area contributed by atoms with Gasteiger partial charge in [0.25, 0.3) is 5.95 Å². The summed E-state index contributed by atoms with van der Waals surface area (Å²) in [5.41, 5.74) is -0.302. The summed E-state index contributed by atoms with van der Waals surface area (Å²) in [5, 5.41) is 15.2. The second-order valence-corrected chi connectivity index (χ2v) is 2.70. The minimum Gasteiger partial charge on any atom is -0.476 e. The van der Waals surface area contributed by atoms with Gasteiger partial charge in [-0.25, -0.2) is 9.78 Å². The Morgan fingerprint density at radius 1 is 1.56 bits per heavy atom. The van der Waals surface area contributed by atoms with E-state index in [2.05, 4.69) is 15.3 Å². The molecule has 0 aliphatic carbocycles. The van der Waals surface area contributed by atoms with E-state index in [1.54, 1.807) is 0 Å². The second-order valence-electron chi connectivity index (χ2n) is 2.70. The lowest BCUT2D eigenvalue weighted by atomic mass is 10.5. The molecule has 0 atom stereocenters. The van der Waals surface area contributed by atoms with Crippen LogP contribution in [0.4, 0.5) is 4.39 Å². The molecule has 0 aliphatic rings. The Hall–Kier alpha value is -2.51. The number of aromatic carboxylic acids is 1.